The molecule has 0 spiro atoms. The number of phenolic OH excluding ortho intramolecular Hbond substituents is 1. The SMILES string of the molecule is Cc1ccccc1SN(C(N)=O)c1ccc([N+](=O)[O-])cc1O. The maximum Gasteiger partial charge on any atom is 0.329 e. The Morgan fingerprint density at radius 1 is 1.32 bits per heavy atom. The molecule has 0 aliphatic rings. The van der Waals surface area contributed by atoms with Crippen molar-refractivity contribution < 1.29 is 14.8 Å². The van der Waals surface area contributed by atoms with Gasteiger partial charge in [-0.2, -0.15) is 0 Å². The Kier molecular flexibility index (Phi) is 4.52. The van der Waals surface area contributed by atoms with E-state index in [9.17, 15) is 20.0 Å². The third-order valence-electron chi connectivity index (χ3n) is 2.87. The van der Waals surface area contributed by atoms with E-state index >= 15 is 0 Å². The first kappa shape index (κ1) is 15.6. The van der Waals surface area contributed by atoms with Crippen molar-refractivity contribution in [1.29, 1.82) is 0 Å². The second-order valence-electron chi connectivity index (χ2n) is 4.42. The highest BCUT2D eigenvalue weighted by Gasteiger charge is 2.21. The molecule has 0 saturated heterocycles. The molecule has 0 radical (unpaired) electrons. The first-order valence-corrected chi connectivity index (χ1v) is 6.98. The molecule has 0 aromatic heterocycles. The van der Waals surface area contributed by atoms with E-state index in [1.54, 1.807) is 6.07 Å². The van der Waals surface area contributed by atoms with Gasteiger partial charge < -0.3 is 10.8 Å². The minimum absolute atomic E-state index is 0.0892. The van der Waals surface area contributed by atoms with Crippen molar-refractivity contribution in [3.8, 4) is 5.75 Å². The number of nitrogens with zero attached hydrogens (tertiary/aromatic N) is 2. The molecular formula is C14H13N3O4S. The molecule has 0 saturated carbocycles. The number of nitrogens with two attached hydrogens (primary N) is 1. The van der Waals surface area contributed by atoms with Gasteiger partial charge in [0.1, 0.15) is 5.75 Å². The van der Waals surface area contributed by atoms with E-state index < -0.39 is 16.7 Å². The van der Waals surface area contributed by atoms with Gasteiger partial charge in [0.25, 0.3) is 5.69 Å². The molecule has 0 fully saturated rings. The second kappa shape index (κ2) is 6.35. The Morgan fingerprint density at radius 2 is 2.00 bits per heavy atom. The van der Waals surface area contributed by atoms with Crippen LogP contribution in [0.5, 0.6) is 5.75 Å². The molecule has 2 aromatic rings. The maximum absolute atomic E-state index is 11.7. The second-order valence-corrected chi connectivity index (χ2v) is 5.41. The fourth-order valence-corrected chi connectivity index (χ4v) is 2.66. The lowest BCUT2D eigenvalue weighted by Gasteiger charge is -2.20. The Morgan fingerprint density at radius 3 is 2.55 bits per heavy atom. The monoisotopic (exact) mass is 319 g/mol. The van der Waals surface area contributed by atoms with Gasteiger partial charge in [-0.25, -0.2) is 9.10 Å². The average Bonchev–Trinajstić information content (AvgIpc) is 2.46. The molecule has 0 atom stereocenters. The van der Waals surface area contributed by atoms with Gasteiger partial charge in [-0.1, -0.05) is 18.2 Å². The maximum atomic E-state index is 11.7. The van der Waals surface area contributed by atoms with E-state index in [2.05, 4.69) is 0 Å². The number of nitro groups is 1. The van der Waals surface area contributed by atoms with Gasteiger partial charge in [0, 0.05) is 11.0 Å². The molecule has 0 bridgehead atoms. The number of benzene rings is 2. The first-order valence-electron chi connectivity index (χ1n) is 6.20. The molecule has 2 aromatic carbocycles. The lowest BCUT2D eigenvalue weighted by molar-refractivity contribution is -0.384. The van der Waals surface area contributed by atoms with Crippen LogP contribution in [-0.4, -0.2) is 16.1 Å². The van der Waals surface area contributed by atoms with Crippen LogP contribution in [0.25, 0.3) is 0 Å². The first-order chi connectivity index (χ1) is 10.4. The third kappa shape index (κ3) is 3.29. The van der Waals surface area contributed by atoms with Gasteiger partial charge in [-0.05, 0) is 36.6 Å². The van der Waals surface area contributed by atoms with E-state index in [1.807, 2.05) is 25.1 Å². The van der Waals surface area contributed by atoms with E-state index in [0.717, 1.165) is 32.8 Å². The van der Waals surface area contributed by atoms with Crippen LogP contribution < -0.4 is 10.0 Å². The van der Waals surface area contributed by atoms with Crippen LogP contribution in [0.1, 0.15) is 5.56 Å². The highest BCUT2D eigenvalue weighted by molar-refractivity contribution is 8.01. The number of primary amides is 1. The van der Waals surface area contributed by atoms with E-state index in [4.69, 9.17) is 5.73 Å². The molecule has 7 nitrogen and oxygen atoms in total. The summed E-state index contributed by atoms with van der Waals surface area (Å²) in [6.07, 6.45) is 0. The largest absolute Gasteiger partial charge is 0.505 e. The average molecular weight is 319 g/mol. The Balaban J connectivity index is 2.39. The number of phenols is 1. The van der Waals surface area contributed by atoms with Gasteiger partial charge in [0.2, 0.25) is 0 Å². The van der Waals surface area contributed by atoms with Crippen LogP contribution in [0.2, 0.25) is 0 Å². The van der Waals surface area contributed by atoms with Gasteiger partial charge in [0.15, 0.2) is 0 Å². The zero-order valence-corrected chi connectivity index (χ0v) is 12.4. The normalized spacial score (nSPS) is 10.2. The molecule has 0 unspecified atom stereocenters. The highest BCUT2D eigenvalue weighted by Crippen LogP contribution is 2.37. The number of non-ortho nitro benzene ring substituents is 1. The van der Waals surface area contributed by atoms with Crippen LogP contribution in [0, 0.1) is 17.0 Å². The summed E-state index contributed by atoms with van der Waals surface area (Å²) in [5.41, 5.74) is 6.10. The summed E-state index contributed by atoms with van der Waals surface area (Å²) in [4.78, 5) is 22.5. The van der Waals surface area contributed by atoms with Crippen LogP contribution in [0.4, 0.5) is 16.2 Å². The molecule has 2 amide bonds. The van der Waals surface area contributed by atoms with Crippen molar-refractivity contribution in [3.63, 3.8) is 0 Å². The van der Waals surface area contributed by atoms with Gasteiger partial charge in [0.05, 0.1) is 16.7 Å². The number of hydrogen-bond acceptors (Lipinski definition) is 5. The predicted molar refractivity (Wildman–Crippen MR) is 83.9 cm³/mol. The lowest BCUT2D eigenvalue weighted by Crippen LogP contribution is -2.29. The summed E-state index contributed by atoms with van der Waals surface area (Å²) in [5.74, 6) is -0.394. The van der Waals surface area contributed by atoms with E-state index in [-0.39, 0.29) is 11.4 Å². The van der Waals surface area contributed by atoms with Gasteiger partial charge in [-0.3, -0.25) is 10.1 Å². The number of carbonyl (C=O) groups is 1. The Labute approximate surface area is 130 Å². The van der Waals surface area contributed by atoms with Crippen molar-refractivity contribution in [3.05, 3.63) is 58.1 Å². The summed E-state index contributed by atoms with van der Waals surface area (Å²) >= 11 is 1.03. The predicted octanol–water partition coefficient (Wildman–Crippen LogP) is 3.20. The Hall–Kier alpha value is -2.74. The third-order valence-corrected chi connectivity index (χ3v) is 4.09. The number of rotatable bonds is 4. The van der Waals surface area contributed by atoms with Crippen LogP contribution in [0.15, 0.2) is 47.4 Å². The number of anilines is 1. The van der Waals surface area contributed by atoms with Crippen LogP contribution in [-0.2, 0) is 0 Å². The van der Waals surface area contributed by atoms with Crippen LogP contribution >= 0.6 is 11.9 Å². The summed E-state index contributed by atoms with van der Waals surface area (Å²) in [6.45, 7) is 1.87. The number of urea groups is 1. The number of carbonyl (C=O) groups excluding carboxylic acids is 1. The molecule has 114 valence electrons. The highest BCUT2D eigenvalue weighted by atomic mass is 32.2. The molecular weight excluding hydrogens is 306 g/mol. The molecule has 3 N–H and O–H groups in total. The minimum atomic E-state index is -0.794. The number of hydrogen-bond donors (Lipinski definition) is 2. The van der Waals surface area contributed by atoms with Crippen molar-refractivity contribution in [2.45, 2.75) is 11.8 Å². The summed E-state index contributed by atoms with van der Waals surface area (Å²) in [7, 11) is 0. The molecule has 0 aliphatic carbocycles. The standard InChI is InChI=1S/C14H13N3O4S/c1-9-4-2-3-5-13(9)22-16(14(15)19)11-7-6-10(17(20)21)8-12(11)18/h2-8,18H,1H3,(H2,15,19). The van der Waals surface area contributed by atoms with Crippen LogP contribution in [0.3, 0.4) is 0 Å². The molecule has 0 aliphatic heterocycles. The molecule has 22 heavy (non-hydrogen) atoms. The summed E-state index contributed by atoms with van der Waals surface area (Å²) in [6, 6.07) is 10.0. The van der Waals surface area contributed by atoms with Gasteiger partial charge in [-0.15, -0.1) is 0 Å². The number of nitro benzene ring substituents is 1. The fraction of sp³-hybridized carbons (Fsp3) is 0.0714. The Bertz CT molecular complexity index is 736. The smallest absolute Gasteiger partial charge is 0.329 e. The lowest BCUT2D eigenvalue weighted by atomic mass is 10.2. The minimum Gasteiger partial charge on any atom is -0.505 e. The van der Waals surface area contributed by atoms with Crippen molar-refractivity contribution in [2.24, 2.45) is 5.73 Å². The summed E-state index contributed by atoms with van der Waals surface area (Å²) in [5, 5.41) is 20.6. The van der Waals surface area contributed by atoms with E-state index in [1.165, 1.54) is 12.1 Å². The number of aromatic hydroxyl groups is 1. The van der Waals surface area contributed by atoms with Crippen molar-refractivity contribution >= 4 is 29.4 Å². The van der Waals surface area contributed by atoms with E-state index in [0.29, 0.717) is 0 Å². The zero-order valence-electron chi connectivity index (χ0n) is 11.6. The zero-order chi connectivity index (χ0) is 16.3. The molecule has 8 heteroatoms. The number of amides is 2. The molecule has 2 rings (SSSR count). The summed E-state index contributed by atoms with van der Waals surface area (Å²) < 4.78 is 1.08. The van der Waals surface area contributed by atoms with Crippen molar-refractivity contribution in [1.82, 2.24) is 0 Å². The topological polar surface area (TPSA) is 110 Å². The fourth-order valence-electron chi connectivity index (χ4n) is 1.77. The van der Waals surface area contributed by atoms with Crippen molar-refractivity contribution in [2.75, 3.05) is 4.31 Å². The molecule has 0 heterocycles. The quantitative estimate of drug-likeness (QED) is 0.511. The number of aryl methyl sites for hydroxylation is 1. The van der Waals surface area contributed by atoms with Gasteiger partial charge >= 0.3 is 6.03 Å².